The summed E-state index contributed by atoms with van der Waals surface area (Å²) in [5, 5.41) is 0. The highest BCUT2D eigenvalue weighted by Crippen LogP contribution is 2.31. The first-order valence-electron chi connectivity index (χ1n) is 7.91. The van der Waals surface area contributed by atoms with Crippen LogP contribution in [0.3, 0.4) is 0 Å². The van der Waals surface area contributed by atoms with Crippen molar-refractivity contribution in [1.82, 2.24) is 0 Å². The number of hydrogen-bond donors (Lipinski definition) is 0. The average Bonchev–Trinajstić information content (AvgIpc) is 2.43. The van der Waals surface area contributed by atoms with E-state index in [1.165, 1.54) is 24.1 Å². The normalized spacial score (nSPS) is 22.9. The van der Waals surface area contributed by atoms with E-state index in [4.69, 9.17) is 0 Å². The predicted octanol–water partition coefficient (Wildman–Crippen LogP) is 4.22. The van der Waals surface area contributed by atoms with E-state index in [1.807, 2.05) is 0 Å². The second-order valence-corrected chi connectivity index (χ2v) is 6.26. The molecule has 0 radical (unpaired) electrons. The van der Waals surface area contributed by atoms with Crippen LogP contribution in [0.25, 0.3) is 0 Å². The van der Waals surface area contributed by atoms with Crippen molar-refractivity contribution in [2.75, 3.05) is 18.5 Å². The summed E-state index contributed by atoms with van der Waals surface area (Å²) in [6.45, 7) is 5.24. The van der Waals surface area contributed by atoms with Gasteiger partial charge in [-0.1, -0.05) is 38.0 Å². The first-order chi connectivity index (χ1) is 9.61. The molecule has 1 aromatic carbocycles. The molecule has 0 aliphatic heterocycles. The van der Waals surface area contributed by atoms with E-state index in [9.17, 15) is 4.79 Å². The van der Waals surface area contributed by atoms with Crippen molar-refractivity contribution in [2.45, 2.75) is 46.0 Å². The number of carbonyl (C=O) groups is 1. The Morgan fingerprint density at radius 1 is 1.30 bits per heavy atom. The van der Waals surface area contributed by atoms with Crippen LogP contribution in [0.4, 0.5) is 5.69 Å². The van der Waals surface area contributed by atoms with Crippen LogP contribution in [0.2, 0.25) is 0 Å². The molecule has 0 spiro atoms. The monoisotopic (exact) mass is 273 g/mol. The van der Waals surface area contributed by atoms with Crippen molar-refractivity contribution in [1.29, 1.82) is 0 Å². The van der Waals surface area contributed by atoms with Gasteiger partial charge >= 0.3 is 0 Å². The Morgan fingerprint density at radius 3 is 2.75 bits per heavy atom. The molecule has 0 heterocycles. The third kappa shape index (κ3) is 3.62. The molecule has 0 saturated heterocycles. The zero-order valence-corrected chi connectivity index (χ0v) is 13.1. The highest BCUT2D eigenvalue weighted by atomic mass is 16.1. The number of nitrogens with zero attached hydrogens (tertiary/aromatic N) is 1. The second kappa shape index (κ2) is 6.92. The minimum absolute atomic E-state index is 0.227. The molecule has 2 rings (SSSR count). The molecule has 0 aromatic heterocycles. The van der Waals surface area contributed by atoms with Gasteiger partial charge in [-0.3, -0.25) is 4.79 Å². The smallest absolute Gasteiger partial charge is 0.137 e. The number of Topliss-reactive ketones (excluding diaryl/α,β-unsaturated/α-hetero) is 1. The second-order valence-electron chi connectivity index (χ2n) is 6.26. The highest BCUT2D eigenvalue weighted by Gasteiger charge is 2.29. The Bertz CT molecular complexity index is 454. The van der Waals surface area contributed by atoms with E-state index in [-0.39, 0.29) is 5.92 Å². The van der Waals surface area contributed by atoms with Crippen molar-refractivity contribution in [2.24, 2.45) is 11.8 Å². The zero-order chi connectivity index (χ0) is 14.5. The van der Waals surface area contributed by atoms with Crippen LogP contribution in [-0.2, 0) is 4.79 Å². The van der Waals surface area contributed by atoms with Crippen molar-refractivity contribution in [3.8, 4) is 0 Å². The topological polar surface area (TPSA) is 20.3 Å². The SMILES string of the molecule is CCCC1CCC(=O)C(CN(C)c2ccccc2C)C1. The number of rotatable bonds is 5. The fourth-order valence-corrected chi connectivity index (χ4v) is 3.47. The number of carbonyl (C=O) groups excluding carboxylic acids is 1. The molecule has 2 unspecified atom stereocenters. The predicted molar refractivity (Wildman–Crippen MR) is 85.2 cm³/mol. The standard InChI is InChI=1S/C18H27NO/c1-4-7-15-10-11-18(20)16(12-15)13-19(3)17-9-6-5-8-14(17)2/h5-6,8-9,15-16H,4,7,10-13H2,1-3H3. The maximum absolute atomic E-state index is 12.2. The lowest BCUT2D eigenvalue weighted by Crippen LogP contribution is -2.35. The molecule has 1 aromatic rings. The highest BCUT2D eigenvalue weighted by molar-refractivity contribution is 5.82. The van der Waals surface area contributed by atoms with E-state index < -0.39 is 0 Å². The molecular weight excluding hydrogens is 246 g/mol. The lowest BCUT2D eigenvalue weighted by molar-refractivity contribution is -0.125. The molecule has 0 N–H and O–H groups in total. The van der Waals surface area contributed by atoms with Gasteiger partial charge in [0.05, 0.1) is 0 Å². The Balaban J connectivity index is 2.00. The molecule has 2 atom stereocenters. The van der Waals surface area contributed by atoms with Gasteiger partial charge in [-0.05, 0) is 37.3 Å². The molecule has 0 amide bonds. The van der Waals surface area contributed by atoms with E-state index >= 15 is 0 Å². The molecule has 2 nitrogen and oxygen atoms in total. The quantitative estimate of drug-likeness (QED) is 0.800. The van der Waals surface area contributed by atoms with Gasteiger partial charge in [-0.25, -0.2) is 0 Å². The fourth-order valence-electron chi connectivity index (χ4n) is 3.47. The van der Waals surface area contributed by atoms with Crippen molar-refractivity contribution >= 4 is 11.5 Å². The summed E-state index contributed by atoms with van der Waals surface area (Å²) in [6, 6.07) is 8.41. The van der Waals surface area contributed by atoms with Gasteiger partial charge in [0, 0.05) is 31.6 Å². The number of hydrogen-bond acceptors (Lipinski definition) is 2. The molecule has 20 heavy (non-hydrogen) atoms. The summed E-state index contributed by atoms with van der Waals surface area (Å²) in [4.78, 5) is 14.4. The Morgan fingerprint density at radius 2 is 2.05 bits per heavy atom. The summed E-state index contributed by atoms with van der Waals surface area (Å²) >= 11 is 0. The summed E-state index contributed by atoms with van der Waals surface area (Å²) in [5.74, 6) is 1.45. The third-order valence-corrected chi connectivity index (χ3v) is 4.59. The Hall–Kier alpha value is -1.31. The maximum Gasteiger partial charge on any atom is 0.137 e. The first-order valence-corrected chi connectivity index (χ1v) is 7.91. The van der Waals surface area contributed by atoms with Crippen molar-refractivity contribution < 1.29 is 4.79 Å². The Labute approximate surface area is 123 Å². The van der Waals surface area contributed by atoms with Gasteiger partial charge < -0.3 is 4.90 Å². The van der Waals surface area contributed by atoms with E-state index in [0.29, 0.717) is 5.78 Å². The molecule has 1 fully saturated rings. The summed E-state index contributed by atoms with van der Waals surface area (Å²) < 4.78 is 0. The summed E-state index contributed by atoms with van der Waals surface area (Å²) in [7, 11) is 2.11. The van der Waals surface area contributed by atoms with E-state index in [1.54, 1.807) is 0 Å². The zero-order valence-electron chi connectivity index (χ0n) is 13.1. The fraction of sp³-hybridized carbons (Fsp3) is 0.611. The van der Waals surface area contributed by atoms with Gasteiger partial charge in [0.1, 0.15) is 5.78 Å². The Kier molecular flexibility index (Phi) is 5.22. The largest absolute Gasteiger partial charge is 0.374 e. The lowest BCUT2D eigenvalue weighted by atomic mass is 9.78. The average molecular weight is 273 g/mol. The summed E-state index contributed by atoms with van der Waals surface area (Å²) in [6.07, 6.45) is 5.49. The van der Waals surface area contributed by atoms with Crippen LogP contribution in [0.5, 0.6) is 0 Å². The van der Waals surface area contributed by atoms with Gasteiger partial charge in [0.25, 0.3) is 0 Å². The van der Waals surface area contributed by atoms with E-state index in [0.717, 1.165) is 31.7 Å². The van der Waals surface area contributed by atoms with Crippen LogP contribution < -0.4 is 4.90 Å². The molecule has 1 aliphatic carbocycles. The minimum Gasteiger partial charge on any atom is -0.374 e. The lowest BCUT2D eigenvalue weighted by Gasteiger charge is -2.32. The molecule has 1 saturated carbocycles. The molecule has 2 heteroatoms. The van der Waals surface area contributed by atoms with Crippen LogP contribution in [0.15, 0.2) is 24.3 Å². The van der Waals surface area contributed by atoms with Crippen LogP contribution in [-0.4, -0.2) is 19.4 Å². The number of anilines is 1. The van der Waals surface area contributed by atoms with Crippen molar-refractivity contribution in [3.63, 3.8) is 0 Å². The number of ketones is 1. The van der Waals surface area contributed by atoms with Gasteiger partial charge in [-0.15, -0.1) is 0 Å². The van der Waals surface area contributed by atoms with Crippen LogP contribution >= 0.6 is 0 Å². The summed E-state index contributed by atoms with van der Waals surface area (Å²) in [5.41, 5.74) is 2.53. The maximum atomic E-state index is 12.2. The number of para-hydroxylation sites is 1. The molecule has 1 aliphatic rings. The van der Waals surface area contributed by atoms with Gasteiger partial charge in [0.15, 0.2) is 0 Å². The first kappa shape index (κ1) is 15.1. The molecule has 110 valence electrons. The third-order valence-electron chi connectivity index (χ3n) is 4.59. The van der Waals surface area contributed by atoms with Gasteiger partial charge in [0.2, 0.25) is 0 Å². The van der Waals surface area contributed by atoms with Crippen LogP contribution in [0.1, 0.15) is 44.6 Å². The van der Waals surface area contributed by atoms with Crippen LogP contribution in [0, 0.1) is 18.8 Å². The van der Waals surface area contributed by atoms with Crippen molar-refractivity contribution in [3.05, 3.63) is 29.8 Å². The van der Waals surface area contributed by atoms with E-state index in [2.05, 4.69) is 50.1 Å². The molecular formula is C18H27NO. The number of aryl methyl sites for hydroxylation is 1. The minimum atomic E-state index is 0.227. The van der Waals surface area contributed by atoms with Gasteiger partial charge in [-0.2, -0.15) is 0 Å². The molecule has 0 bridgehead atoms. The number of benzene rings is 1.